The van der Waals surface area contributed by atoms with Crippen molar-refractivity contribution < 1.29 is 9.53 Å². The van der Waals surface area contributed by atoms with Crippen molar-refractivity contribution in [1.29, 1.82) is 0 Å². The molecule has 4 nitrogen and oxygen atoms in total. The number of rotatable bonds is 3. The molecule has 126 valence electrons. The summed E-state index contributed by atoms with van der Waals surface area (Å²) in [5.41, 5.74) is 0.726. The first-order valence-electron chi connectivity index (χ1n) is 8.84. The van der Waals surface area contributed by atoms with Crippen LogP contribution in [-0.4, -0.2) is 55.0 Å². The molecule has 0 spiro atoms. The second-order valence-electron chi connectivity index (χ2n) is 6.99. The summed E-state index contributed by atoms with van der Waals surface area (Å²) in [5.74, 6) is 1.72. The maximum Gasteiger partial charge on any atom is 0.254 e. The summed E-state index contributed by atoms with van der Waals surface area (Å²) in [5, 5.41) is 0. The quantitative estimate of drug-likeness (QED) is 0.859. The molecule has 0 bridgehead atoms. The van der Waals surface area contributed by atoms with Gasteiger partial charge in [-0.25, -0.2) is 0 Å². The van der Waals surface area contributed by atoms with Crippen molar-refractivity contribution >= 4 is 5.91 Å². The lowest BCUT2D eigenvalue weighted by Crippen LogP contribution is -2.52. The van der Waals surface area contributed by atoms with E-state index in [2.05, 4.69) is 11.8 Å². The molecular weight excluding hydrogens is 288 g/mol. The third-order valence-corrected chi connectivity index (χ3v) is 5.34. The summed E-state index contributed by atoms with van der Waals surface area (Å²) in [6, 6.07) is 8.19. The molecule has 1 aromatic carbocycles. The van der Waals surface area contributed by atoms with Gasteiger partial charge in [0.15, 0.2) is 0 Å². The molecule has 1 saturated carbocycles. The van der Waals surface area contributed by atoms with Crippen molar-refractivity contribution in [2.45, 2.75) is 38.6 Å². The number of nitrogens with zero attached hydrogens (tertiary/aromatic N) is 2. The first kappa shape index (κ1) is 16.3. The van der Waals surface area contributed by atoms with E-state index in [1.165, 1.54) is 25.7 Å². The second kappa shape index (κ2) is 7.35. The fourth-order valence-electron chi connectivity index (χ4n) is 3.96. The number of benzene rings is 1. The van der Waals surface area contributed by atoms with E-state index in [0.717, 1.165) is 49.5 Å². The fraction of sp³-hybridized carbons (Fsp3) is 0.632. The molecule has 1 aromatic rings. The van der Waals surface area contributed by atoms with Crippen LogP contribution in [0.2, 0.25) is 0 Å². The molecule has 0 aromatic heterocycles. The predicted molar refractivity (Wildman–Crippen MR) is 91.9 cm³/mol. The van der Waals surface area contributed by atoms with E-state index < -0.39 is 0 Å². The second-order valence-corrected chi connectivity index (χ2v) is 6.99. The van der Waals surface area contributed by atoms with Crippen molar-refractivity contribution in [1.82, 2.24) is 9.80 Å². The van der Waals surface area contributed by atoms with Gasteiger partial charge in [0.1, 0.15) is 5.75 Å². The zero-order valence-electron chi connectivity index (χ0n) is 14.3. The van der Waals surface area contributed by atoms with Crippen LogP contribution in [0.5, 0.6) is 5.75 Å². The average molecular weight is 316 g/mol. The lowest BCUT2D eigenvalue weighted by molar-refractivity contribution is 0.0489. The number of methoxy groups -OCH3 is 1. The number of carbonyl (C=O) groups is 1. The van der Waals surface area contributed by atoms with Gasteiger partial charge in [-0.3, -0.25) is 9.69 Å². The summed E-state index contributed by atoms with van der Waals surface area (Å²) in [7, 11) is 1.63. The van der Waals surface area contributed by atoms with Crippen LogP contribution < -0.4 is 4.74 Å². The minimum Gasteiger partial charge on any atom is -0.497 e. The van der Waals surface area contributed by atoms with Crippen LogP contribution in [0.3, 0.4) is 0 Å². The minimum atomic E-state index is 0.126. The molecule has 1 aliphatic heterocycles. The van der Waals surface area contributed by atoms with E-state index in [1.54, 1.807) is 7.11 Å². The van der Waals surface area contributed by atoms with Gasteiger partial charge in [0.25, 0.3) is 5.91 Å². The monoisotopic (exact) mass is 316 g/mol. The maximum atomic E-state index is 12.7. The Kier molecular flexibility index (Phi) is 5.21. The van der Waals surface area contributed by atoms with Gasteiger partial charge in [0.2, 0.25) is 0 Å². The largest absolute Gasteiger partial charge is 0.497 e. The van der Waals surface area contributed by atoms with E-state index in [4.69, 9.17) is 4.74 Å². The van der Waals surface area contributed by atoms with Crippen LogP contribution in [-0.2, 0) is 0 Å². The zero-order valence-corrected chi connectivity index (χ0v) is 14.3. The Balaban J connectivity index is 1.56. The molecule has 1 amide bonds. The molecule has 2 fully saturated rings. The van der Waals surface area contributed by atoms with Crippen molar-refractivity contribution in [2.24, 2.45) is 5.92 Å². The highest BCUT2D eigenvalue weighted by molar-refractivity contribution is 5.94. The molecule has 3 rings (SSSR count). The minimum absolute atomic E-state index is 0.126. The van der Waals surface area contributed by atoms with E-state index >= 15 is 0 Å². The van der Waals surface area contributed by atoms with Gasteiger partial charge in [-0.15, -0.1) is 0 Å². The SMILES string of the molecule is COc1cccc(C(=O)N2CCN([C@@H]3CCC[C@@H](C)C3)CC2)c1. The van der Waals surface area contributed by atoms with Crippen LogP contribution >= 0.6 is 0 Å². The Morgan fingerprint density at radius 2 is 1.96 bits per heavy atom. The molecule has 1 saturated heterocycles. The van der Waals surface area contributed by atoms with Crippen LogP contribution in [0, 0.1) is 5.92 Å². The lowest BCUT2D eigenvalue weighted by Gasteiger charge is -2.42. The van der Waals surface area contributed by atoms with E-state index in [0.29, 0.717) is 0 Å². The number of amides is 1. The lowest BCUT2D eigenvalue weighted by atomic mass is 9.86. The van der Waals surface area contributed by atoms with Gasteiger partial charge in [-0.1, -0.05) is 25.8 Å². The molecular formula is C19H28N2O2. The smallest absolute Gasteiger partial charge is 0.254 e. The van der Waals surface area contributed by atoms with E-state index in [9.17, 15) is 4.79 Å². The van der Waals surface area contributed by atoms with Crippen molar-refractivity contribution in [2.75, 3.05) is 33.3 Å². The highest BCUT2D eigenvalue weighted by atomic mass is 16.5. The Bertz CT molecular complexity index is 538. The maximum absolute atomic E-state index is 12.7. The molecule has 23 heavy (non-hydrogen) atoms. The number of carbonyl (C=O) groups excluding carboxylic acids is 1. The molecule has 1 aliphatic carbocycles. The molecule has 0 unspecified atom stereocenters. The van der Waals surface area contributed by atoms with Gasteiger partial charge in [-0.2, -0.15) is 0 Å². The van der Waals surface area contributed by atoms with Crippen molar-refractivity contribution in [3.05, 3.63) is 29.8 Å². The normalized spacial score (nSPS) is 26.1. The van der Waals surface area contributed by atoms with E-state index in [1.807, 2.05) is 29.2 Å². The number of hydrogen-bond donors (Lipinski definition) is 0. The Morgan fingerprint density at radius 3 is 2.65 bits per heavy atom. The van der Waals surface area contributed by atoms with Crippen LogP contribution in [0.15, 0.2) is 24.3 Å². The summed E-state index contributed by atoms with van der Waals surface area (Å²) in [4.78, 5) is 17.2. The number of ether oxygens (including phenoxy) is 1. The Morgan fingerprint density at radius 1 is 1.17 bits per heavy atom. The first-order valence-corrected chi connectivity index (χ1v) is 8.84. The topological polar surface area (TPSA) is 32.8 Å². The Labute approximate surface area is 139 Å². The van der Waals surface area contributed by atoms with Gasteiger partial charge in [-0.05, 0) is 37.0 Å². The third kappa shape index (κ3) is 3.86. The molecule has 0 radical (unpaired) electrons. The molecule has 2 atom stereocenters. The summed E-state index contributed by atoms with van der Waals surface area (Å²) >= 11 is 0. The Hall–Kier alpha value is -1.55. The number of hydrogen-bond acceptors (Lipinski definition) is 3. The standard InChI is InChI=1S/C19H28N2O2/c1-15-5-3-7-17(13-15)20-9-11-21(12-10-20)19(22)16-6-4-8-18(14-16)23-2/h4,6,8,14-15,17H,3,5,7,9-13H2,1-2H3/t15-,17-/m1/s1. The van der Waals surface area contributed by atoms with Gasteiger partial charge in [0, 0.05) is 37.8 Å². The van der Waals surface area contributed by atoms with Gasteiger partial charge >= 0.3 is 0 Å². The average Bonchev–Trinajstić information content (AvgIpc) is 2.61. The highest BCUT2D eigenvalue weighted by Gasteiger charge is 2.29. The van der Waals surface area contributed by atoms with E-state index in [-0.39, 0.29) is 5.91 Å². The fourth-order valence-corrected chi connectivity index (χ4v) is 3.96. The van der Waals surface area contributed by atoms with Crippen LogP contribution in [0.25, 0.3) is 0 Å². The molecule has 0 N–H and O–H groups in total. The molecule has 4 heteroatoms. The van der Waals surface area contributed by atoms with Gasteiger partial charge in [0.05, 0.1) is 7.11 Å². The van der Waals surface area contributed by atoms with Crippen LogP contribution in [0.4, 0.5) is 0 Å². The van der Waals surface area contributed by atoms with Crippen LogP contribution in [0.1, 0.15) is 43.0 Å². The van der Waals surface area contributed by atoms with Crippen molar-refractivity contribution in [3.63, 3.8) is 0 Å². The number of piperazine rings is 1. The predicted octanol–water partition coefficient (Wildman–Crippen LogP) is 3.03. The summed E-state index contributed by atoms with van der Waals surface area (Å²) in [6.07, 6.45) is 5.39. The highest BCUT2D eigenvalue weighted by Crippen LogP contribution is 2.28. The summed E-state index contributed by atoms with van der Waals surface area (Å²) in [6.45, 7) is 6.05. The molecule has 1 heterocycles. The molecule has 2 aliphatic rings. The zero-order chi connectivity index (χ0) is 16.2. The third-order valence-electron chi connectivity index (χ3n) is 5.34. The first-order chi connectivity index (χ1) is 11.2. The van der Waals surface area contributed by atoms with Crippen molar-refractivity contribution in [3.8, 4) is 5.75 Å². The van der Waals surface area contributed by atoms with Gasteiger partial charge < -0.3 is 9.64 Å². The summed E-state index contributed by atoms with van der Waals surface area (Å²) < 4.78 is 5.22.